The van der Waals surface area contributed by atoms with Crippen LogP contribution < -0.4 is 19.1 Å². The molecule has 0 atom stereocenters. The molecular weight excluding hydrogens is 475 g/mol. The van der Waals surface area contributed by atoms with Crippen LogP contribution in [0.2, 0.25) is 0 Å². The van der Waals surface area contributed by atoms with Crippen LogP contribution in [0.5, 0.6) is 17.2 Å². The van der Waals surface area contributed by atoms with E-state index in [9.17, 15) is 0 Å². The van der Waals surface area contributed by atoms with Gasteiger partial charge in [-0.05, 0) is 55.2 Å². The molecule has 7 nitrogen and oxygen atoms in total. The summed E-state index contributed by atoms with van der Waals surface area (Å²) in [5.74, 6) is 3.48. The molecule has 0 unspecified atom stereocenters. The molecule has 9 heteroatoms. The molecule has 184 valence electrons. The molecule has 1 aromatic heterocycles. The number of likely N-dealkylation sites (tertiary alicyclic amines) is 1. The lowest BCUT2D eigenvalue weighted by atomic mass is 10.0. The van der Waals surface area contributed by atoms with Crippen molar-refractivity contribution < 1.29 is 14.2 Å². The number of ether oxygens (including phenoxy) is 3. The summed E-state index contributed by atoms with van der Waals surface area (Å²) >= 11 is 0. The number of rotatable bonds is 6. The number of aryl methyl sites for hydroxylation is 1. The van der Waals surface area contributed by atoms with Crippen molar-refractivity contribution in [3.05, 3.63) is 47.7 Å². The quantitative estimate of drug-likeness (QED) is 0.472. The van der Waals surface area contributed by atoms with E-state index in [1.165, 1.54) is 5.56 Å². The number of piperidine rings is 1. The van der Waals surface area contributed by atoms with Gasteiger partial charge >= 0.3 is 0 Å². The van der Waals surface area contributed by atoms with Gasteiger partial charge in [0.2, 0.25) is 6.79 Å². The Morgan fingerprint density at radius 1 is 1.00 bits per heavy atom. The molecule has 0 saturated carbocycles. The Bertz CT molecular complexity index is 1120. The van der Waals surface area contributed by atoms with Crippen LogP contribution in [0.15, 0.2) is 36.4 Å². The van der Waals surface area contributed by atoms with Crippen molar-refractivity contribution in [1.29, 1.82) is 0 Å². The van der Waals surface area contributed by atoms with E-state index >= 15 is 0 Å². The first-order valence-corrected chi connectivity index (χ1v) is 11.3. The van der Waals surface area contributed by atoms with Crippen molar-refractivity contribution in [3.8, 4) is 17.2 Å². The monoisotopic (exact) mass is 506 g/mol. The summed E-state index contributed by atoms with van der Waals surface area (Å²) in [6.07, 6.45) is 3.03. The molecule has 34 heavy (non-hydrogen) atoms. The fourth-order valence-electron chi connectivity index (χ4n) is 4.76. The van der Waals surface area contributed by atoms with E-state index in [-0.39, 0.29) is 24.8 Å². The lowest BCUT2D eigenvalue weighted by Gasteiger charge is -2.37. The van der Waals surface area contributed by atoms with Crippen molar-refractivity contribution >= 4 is 41.4 Å². The molecule has 5 rings (SSSR count). The Balaban J connectivity index is 0.00000162. The average Bonchev–Trinajstić information content (AvgIpc) is 3.31. The standard InChI is InChI=1S/C25H30N4O3.2ClH/c1-4-22-20-7-6-19(30-3)14-21(20)25(27-26-22)28(2)18-9-11-29(12-10-18)15-17-5-8-23-24(13-17)32-16-31-23;;/h5-8,13-14,18H,4,9-12,15-16H2,1-3H3;2*1H. The zero-order valence-electron chi connectivity index (χ0n) is 19.8. The molecule has 1 saturated heterocycles. The normalized spacial score (nSPS) is 15.5. The van der Waals surface area contributed by atoms with E-state index in [2.05, 4.69) is 58.2 Å². The van der Waals surface area contributed by atoms with Gasteiger partial charge in [0.05, 0.1) is 12.8 Å². The first-order chi connectivity index (χ1) is 15.7. The van der Waals surface area contributed by atoms with Gasteiger partial charge in [0.15, 0.2) is 17.3 Å². The minimum absolute atomic E-state index is 0. The van der Waals surface area contributed by atoms with Gasteiger partial charge in [0.25, 0.3) is 0 Å². The molecule has 3 heterocycles. The maximum Gasteiger partial charge on any atom is 0.231 e. The van der Waals surface area contributed by atoms with Crippen LogP contribution in [0.4, 0.5) is 5.82 Å². The summed E-state index contributed by atoms with van der Waals surface area (Å²) in [6, 6.07) is 12.9. The van der Waals surface area contributed by atoms with E-state index in [4.69, 9.17) is 14.2 Å². The van der Waals surface area contributed by atoms with E-state index in [1.54, 1.807) is 7.11 Å². The summed E-state index contributed by atoms with van der Waals surface area (Å²) in [4.78, 5) is 4.82. The lowest BCUT2D eigenvalue weighted by molar-refractivity contribution is 0.173. The summed E-state index contributed by atoms with van der Waals surface area (Å²) in [5, 5.41) is 11.4. The fraction of sp³-hybridized carbons (Fsp3) is 0.440. The van der Waals surface area contributed by atoms with Crippen LogP contribution in [0, 0.1) is 0 Å². The van der Waals surface area contributed by atoms with Crippen molar-refractivity contribution in [1.82, 2.24) is 15.1 Å². The number of hydrogen-bond acceptors (Lipinski definition) is 7. The van der Waals surface area contributed by atoms with Gasteiger partial charge in [-0.2, -0.15) is 5.10 Å². The summed E-state index contributed by atoms with van der Waals surface area (Å²) < 4.78 is 16.4. The average molecular weight is 507 g/mol. The molecule has 0 amide bonds. The molecule has 3 aromatic rings. The summed E-state index contributed by atoms with van der Waals surface area (Å²) in [5.41, 5.74) is 2.29. The maximum atomic E-state index is 5.52. The highest BCUT2D eigenvalue weighted by Gasteiger charge is 2.25. The molecule has 0 bridgehead atoms. The molecule has 0 radical (unpaired) electrons. The van der Waals surface area contributed by atoms with Crippen molar-refractivity contribution in [2.45, 2.75) is 38.8 Å². The summed E-state index contributed by atoms with van der Waals surface area (Å²) in [6.45, 7) is 5.46. The van der Waals surface area contributed by atoms with Gasteiger partial charge in [0, 0.05) is 43.5 Å². The highest BCUT2D eigenvalue weighted by molar-refractivity contribution is 5.94. The number of hydrogen-bond donors (Lipinski definition) is 0. The number of anilines is 1. The highest BCUT2D eigenvalue weighted by Crippen LogP contribution is 2.34. The van der Waals surface area contributed by atoms with Crippen LogP contribution in [-0.2, 0) is 13.0 Å². The fourth-order valence-corrected chi connectivity index (χ4v) is 4.76. The Morgan fingerprint density at radius 3 is 2.50 bits per heavy atom. The van der Waals surface area contributed by atoms with Crippen LogP contribution in [0.1, 0.15) is 31.0 Å². The zero-order chi connectivity index (χ0) is 22.1. The number of halogens is 2. The number of benzene rings is 2. The molecule has 0 N–H and O–H groups in total. The van der Waals surface area contributed by atoms with E-state index in [0.29, 0.717) is 12.8 Å². The number of nitrogens with zero attached hydrogens (tertiary/aromatic N) is 4. The minimum atomic E-state index is 0. The molecule has 1 fully saturated rings. The lowest BCUT2D eigenvalue weighted by Crippen LogP contribution is -2.43. The Kier molecular flexibility index (Phi) is 8.68. The first kappa shape index (κ1) is 26.1. The van der Waals surface area contributed by atoms with Gasteiger partial charge in [-0.1, -0.05) is 13.0 Å². The second kappa shape index (κ2) is 11.3. The topological polar surface area (TPSA) is 60.0 Å². The third kappa shape index (κ3) is 5.11. The zero-order valence-corrected chi connectivity index (χ0v) is 21.5. The SMILES string of the molecule is CCc1nnc(N(C)C2CCN(Cc3ccc4c(c3)OCO4)CC2)c2cc(OC)ccc12.Cl.Cl. The van der Waals surface area contributed by atoms with E-state index < -0.39 is 0 Å². The largest absolute Gasteiger partial charge is 0.497 e. The number of methoxy groups -OCH3 is 1. The maximum absolute atomic E-state index is 5.52. The highest BCUT2D eigenvalue weighted by atomic mass is 35.5. The Hall–Kier alpha value is -2.48. The number of fused-ring (bicyclic) bond motifs is 2. The van der Waals surface area contributed by atoms with Gasteiger partial charge < -0.3 is 19.1 Å². The van der Waals surface area contributed by atoms with E-state index in [1.807, 2.05) is 12.1 Å². The van der Waals surface area contributed by atoms with Crippen molar-refractivity contribution in [2.75, 3.05) is 38.9 Å². The van der Waals surface area contributed by atoms with Crippen molar-refractivity contribution in [3.63, 3.8) is 0 Å². The smallest absolute Gasteiger partial charge is 0.231 e. The Labute approximate surface area is 213 Å². The summed E-state index contributed by atoms with van der Waals surface area (Å²) in [7, 11) is 3.85. The molecule has 0 spiro atoms. The molecule has 2 aliphatic rings. The molecule has 2 aromatic carbocycles. The third-order valence-corrected chi connectivity index (χ3v) is 6.66. The Morgan fingerprint density at radius 2 is 1.76 bits per heavy atom. The molecular formula is C25H32Cl2N4O3. The van der Waals surface area contributed by atoms with Gasteiger partial charge in [-0.25, -0.2) is 0 Å². The van der Waals surface area contributed by atoms with Gasteiger partial charge in [-0.3, -0.25) is 4.90 Å². The third-order valence-electron chi connectivity index (χ3n) is 6.66. The van der Waals surface area contributed by atoms with Gasteiger partial charge in [-0.15, -0.1) is 29.9 Å². The first-order valence-electron chi connectivity index (χ1n) is 11.3. The van der Waals surface area contributed by atoms with Crippen LogP contribution in [-0.4, -0.2) is 55.2 Å². The molecule has 0 aliphatic carbocycles. The van der Waals surface area contributed by atoms with E-state index in [0.717, 1.165) is 78.4 Å². The van der Waals surface area contributed by atoms with Crippen LogP contribution in [0.25, 0.3) is 10.8 Å². The second-order valence-corrected chi connectivity index (χ2v) is 8.54. The van der Waals surface area contributed by atoms with Crippen LogP contribution >= 0.6 is 24.8 Å². The van der Waals surface area contributed by atoms with Gasteiger partial charge in [0.1, 0.15) is 5.75 Å². The predicted molar refractivity (Wildman–Crippen MR) is 139 cm³/mol. The molecule has 2 aliphatic heterocycles. The second-order valence-electron chi connectivity index (χ2n) is 8.54. The minimum Gasteiger partial charge on any atom is -0.497 e. The van der Waals surface area contributed by atoms with Crippen LogP contribution in [0.3, 0.4) is 0 Å². The van der Waals surface area contributed by atoms with Crippen molar-refractivity contribution in [2.24, 2.45) is 0 Å². The number of aromatic nitrogens is 2. The predicted octanol–water partition coefficient (Wildman–Crippen LogP) is 4.87.